The maximum atomic E-state index is 13.4. The minimum atomic E-state index is -3.77. The fraction of sp³-hybridized carbons (Fsp3) is 0.300. The molecule has 0 radical (unpaired) electrons. The van der Waals surface area contributed by atoms with Gasteiger partial charge in [0.25, 0.3) is 0 Å². The Balaban J connectivity index is 1.59. The predicted molar refractivity (Wildman–Crippen MR) is 106 cm³/mol. The van der Waals surface area contributed by atoms with Crippen molar-refractivity contribution >= 4 is 21.6 Å². The van der Waals surface area contributed by atoms with Crippen molar-refractivity contribution in [2.75, 3.05) is 31.5 Å². The number of sulfonamides is 1. The molecule has 1 amide bonds. The van der Waals surface area contributed by atoms with Crippen molar-refractivity contribution in [2.24, 2.45) is 0 Å². The normalized spacial score (nSPS) is 16.7. The van der Waals surface area contributed by atoms with E-state index in [0.29, 0.717) is 24.3 Å². The Morgan fingerprint density at radius 1 is 1.14 bits per heavy atom. The molecule has 0 spiro atoms. The molecule has 1 aliphatic rings. The summed E-state index contributed by atoms with van der Waals surface area (Å²) in [5.74, 6) is -0.811. The van der Waals surface area contributed by atoms with Crippen LogP contribution in [0.2, 0.25) is 0 Å². The van der Waals surface area contributed by atoms with Crippen molar-refractivity contribution in [3.8, 4) is 6.07 Å². The van der Waals surface area contributed by atoms with E-state index in [1.807, 2.05) is 11.0 Å². The number of nitrogens with one attached hydrogen (secondary N) is 1. The highest BCUT2D eigenvalue weighted by atomic mass is 32.2. The lowest BCUT2D eigenvalue weighted by Crippen LogP contribution is -2.53. The Kier molecular flexibility index (Phi) is 6.27. The molecule has 1 heterocycles. The molecule has 152 valence electrons. The van der Waals surface area contributed by atoms with Crippen molar-refractivity contribution in [2.45, 2.75) is 17.9 Å². The molecule has 0 saturated carbocycles. The van der Waals surface area contributed by atoms with Gasteiger partial charge in [-0.3, -0.25) is 9.69 Å². The van der Waals surface area contributed by atoms with E-state index in [2.05, 4.69) is 5.32 Å². The molecule has 0 bridgehead atoms. The van der Waals surface area contributed by atoms with Crippen LogP contribution in [0.15, 0.2) is 53.4 Å². The van der Waals surface area contributed by atoms with Gasteiger partial charge >= 0.3 is 0 Å². The van der Waals surface area contributed by atoms with E-state index in [-0.39, 0.29) is 23.9 Å². The highest BCUT2D eigenvalue weighted by Gasteiger charge is 2.32. The van der Waals surface area contributed by atoms with Crippen LogP contribution >= 0.6 is 0 Å². The second kappa shape index (κ2) is 8.69. The number of amides is 1. The molecular weight excluding hydrogens is 395 g/mol. The van der Waals surface area contributed by atoms with Gasteiger partial charge in [0.15, 0.2) is 0 Å². The number of nitriles is 1. The van der Waals surface area contributed by atoms with Crippen LogP contribution in [-0.2, 0) is 14.8 Å². The minimum Gasteiger partial charge on any atom is -0.325 e. The fourth-order valence-electron chi connectivity index (χ4n) is 3.15. The summed E-state index contributed by atoms with van der Waals surface area (Å²) in [5, 5.41) is 11.6. The number of halogens is 1. The Morgan fingerprint density at radius 2 is 1.79 bits per heavy atom. The first-order chi connectivity index (χ1) is 13.8. The SMILES string of the molecule is C[C@@H](C(=O)Nc1ccc(C#N)cc1)N1CCN(S(=O)(=O)c2cccc(F)c2)CC1. The van der Waals surface area contributed by atoms with Crippen LogP contribution in [0.4, 0.5) is 10.1 Å². The molecule has 1 fully saturated rings. The zero-order valence-corrected chi connectivity index (χ0v) is 16.7. The quantitative estimate of drug-likeness (QED) is 0.805. The van der Waals surface area contributed by atoms with Gasteiger partial charge < -0.3 is 5.32 Å². The molecule has 1 aliphatic heterocycles. The predicted octanol–water partition coefficient (Wildman–Crippen LogP) is 2.03. The van der Waals surface area contributed by atoms with Gasteiger partial charge in [-0.05, 0) is 49.4 Å². The number of anilines is 1. The summed E-state index contributed by atoms with van der Waals surface area (Å²) < 4.78 is 40.1. The first-order valence-corrected chi connectivity index (χ1v) is 10.6. The maximum absolute atomic E-state index is 13.4. The van der Waals surface area contributed by atoms with Crippen molar-refractivity contribution < 1.29 is 17.6 Å². The Hall–Kier alpha value is -2.80. The van der Waals surface area contributed by atoms with Gasteiger partial charge in [-0.1, -0.05) is 6.07 Å². The van der Waals surface area contributed by atoms with Gasteiger partial charge in [0.1, 0.15) is 5.82 Å². The monoisotopic (exact) mass is 416 g/mol. The number of carbonyl (C=O) groups excluding carboxylic acids is 1. The highest BCUT2D eigenvalue weighted by Crippen LogP contribution is 2.19. The van der Waals surface area contributed by atoms with Crippen molar-refractivity contribution in [3.63, 3.8) is 0 Å². The van der Waals surface area contributed by atoms with Crippen LogP contribution in [0, 0.1) is 17.1 Å². The van der Waals surface area contributed by atoms with Crippen LogP contribution in [0.1, 0.15) is 12.5 Å². The minimum absolute atomic E-state index is 0.0717. The lowest BCUT2D eigenvalue weighted by molar-refractivity contribution is -0.121. The topological polar surface area (TPSA) is 93.5 Å². The summed E-state index contributed by atoms with van der Waals surface area (Å²) in [4.78, 5) is 14.3. The summed E-state index contributed by atoms with van der Waals surface area (Å²) >= 11 is 0. The number of hydrogen-bond acceptors (Lipinski definition) is 5. The number of carbonyl (C=O) groups is 1. The van der Waals surface area contributed by atoms with Crippen LogP contribution < -0.4 is 5.32 Å². The number of benzene rings is 2. The largest absolute Gasteiger partial charge is 0.325 e. The fourth-order valence-corrected chi connectivity index (χ4v) is 4.60. The molecule has 29 heavy (non-hydrogen) atoms. The molecule has 2 aromatic carbocycles. The number of piperazine rings is 1. The molecular formula is C20H21FN4O3S. The Bertz CT molecular complexity index is 1030. The summed E-state index contributed by atoms with van der Waals surface area (Å²) in [6.45, 7) is 2.96. The van der Waals surface area contributed by atoms with E-state index in [4.69, 9.17) is 5.26 Å². The highest BCUT2D eigenvalue weighted by molar-refractivity contribution is 7.89. The third-order valence-electron chi connectivity index (χ3n) is 4.92. The molecule has 9 heteroatoms. The summed E-state index contributed by atoms with van der Waals surface area (Å²) in [7, 11) is -3.77. The van der Waals surface area contributed by atoms with E-state index in [0.717, 1.165) is 6.07 Å². The summed E-state index contributed by atoms with van der Waals surface area (Å²) in [6.07, 6.45) is 0. The standard InChI is InChI=1S/C20H21FN4O3S/c1-15(20(26)23-18-7-5-16(14-22)6-8-18)24-9-11-25(12-10-24)29(27,28)19-4-2-3-17(21)13-19/h2-8,13,15H,9-12H2,1H3,(H,23,26)/t15-/m0/s1. The van der Waals surface area contributed by atoms with E-state index in [1.165, 1.54) is 22.5 Å². The third-order valence-corrected chi connectivity index (χ3v) is 6.81. The number of rotatable bonds is 5. The van der Waals surface area contributed by atoms with E-state index in [9.17, 15) is 17.6 Å². The van der Waals surface area contributed by atoms with Gasteiger partial charge in [0.2, 0.25) is 15.9 Å². The second-order valence-electron chi connectivity index (χ2n) is 6.75. The zero-order chi connectivity index (χ0) is 21.0. The Morgan fingerprint density at radius 3 is 2.38 bits per heavy atom. The van der Waals surface area contributed by atoms with Crippen LogP contribution in [-0.4, -0.2) is 55.8 Å². The molecule has 0 aromatic heterocycles. The molecule has 1 atom stereocenters. The van der Waals surface area contributed by atoms with Crippen LogP contribution in [0.5, 0.6) is 0 Å². The molecule has 1 N–H and O–H groups in total. The van der Waals surface area contributed by atoms with Crippen molar-refractivity contribution in [3.05, 3.63) is 59.9 Å². The number of hydrogen-bond donors (Lipinski definition) is 1. The van der Waals surface area contributed by atoms with Crippen molar-refractivity contribution in [1.29, 1.82) is 5.26 Å². The van der Waals surface area contributed by atoms with E-state index < -0.39 is 21.9 Å². The van der Waals surface area contributed by atoms with Gasteiger partial charge in [-0.25, -0.2) is 12.8 Å². The molecule has 1 saturated heterocycles. The van der Waals surface area contributed by atoms with E-state index in [1.54, 1.807) is 31.2 Å². The third kappa shape index (κ3) is 4.79. The van der Waals surface area contributed by atoms with Crippen LogP contribution in [0.25, 0.3) is 0 Å². The molecule has 7 nitrogen and oxygen atoms in total. The molecule has 3 rings (SSSR count). The average Bonchev–Trinajstić information content (AvgIpc) is 2.74. The lowest BCUT2D eigenvalue weighted by atomic mass is 10.2. The van der Waals surface area contributed by atoms with Gasteiger partial charge in [-0.2, -0.15) is 9.57 Å². The van der Waals surface area contributed by atoms with Gasteiger partial charge in [-0.15, -0.1) is 0 Å². The number of nitrogens with zero attached hydrogens (tertiary/aromatic N) is 3. The average molecular weight is 416 g/mol. The molecule has 0 aliphatic carbocycles. The smallest absolute Gasteiger partial charge is 0.243 e. The molecule has 2 aromatic rings. The summed E-state index contributed by atoms with van der Waals surface area (Å²) in [6, 6.07) is 13.1. The first-order valence-electron chi connectivity index (χ1n) is 9.12. The van der Waals surface area contributed by atoms with Crippen LogP contribution in [0.3, 0.4) is 0 Å². The first kappa shape index (κ1) is 20.9. The second-order valence-corrected chi connectivity index (χ2v) is 8.69. The van der Waals surface area contributed by atoms with Crippen molar-refractivity contribution in [1.82, 2.24) is 9.21 Å². The maximum Gasteiger partial charge on any atom is 0.243 e. The zero-order valence-electron chi connectivity index (χ0n) is 15.9. The lowest BCUT2D eigenvalue weighted by Gasteiger charge is -2.36. The van der Waals surface area contributed by atoms with E-state index >= 15 is 0 Å². The molecule has 0 unspecified atom stereocenters. The van der Waals surface area contributed by atoms with Gasteiger partial charge in [0.05, 0.1) is 22.6 Å². The van der Waals surface area contributed by atoms with Gasteiger partial charge in [0, 0.05) is 31.9 Å². The Labute approximate surface area is 169 Å². The summed E-state index contributed by atoms with van der Waals surface area (Å²) in [5.41, 5.74) is 1.10.